The molecule has 0 unspecified atom stereocenters. The van der Waals surface area contributed by atoms with Crippen molar-refractivity contribution in [3.05, 3.63) is 72.3 Å². The molecule has 0 amide bonds. The maximum Gasteiger partial charge on any atom is 0.345 e. The molecule has 0 saturated carbocycles. The minimum Gasteiger partial charge on any atom is -0.422 e. The van der Waals surface area contributed by atoms with Gasteiger partial charge in [-0.3, -0.25) is 0 Å². The van der Waals surface area contributed by atoms with E-state index in [-0.39, 0.29) is 0 Å². The quantitative estimate of drug-likeness (QED) is 0.436. The van der Waals surface area contributed by atoms with E-state index < -0.39 is 5.97 Å². The number of esters is 1. The molecule has 0 fully saturated rings. The number of hydrogen-bond acceptors (Lipinski definition) is 3. The summed E-state index contributed by atoms with van der Waals surface area (Å²) < 4.78 is 5.48. The normalized spacial score (nSPS) is 10.4. The fraction of sp³-hybridized carbons (Fsp3) is 0. The Balaban J connectivity index is 1.98. The monoisotopic (exact) mass is 263 g/mol. The van der Waals surface area contributed by atoms with Crippen LogP contribution in [0.5, 0.6) is 5.75 Å². The van der Waals surface area contributed by atoms with Gasteiger partial charge in [0.1, 0.15) is 5.75 Å². The molecule has 0 heterocycles. The third-order valence-electron chi connectivity index (χ3n) is 3.13. The Morgan fingerprint density at radius 2 is 1.55 bits per heavy atom. The largest absolute Gasteiger partial charge is 0.422 e. The summed E-state index contributed by atoms with van der Waals surface area (Å²) in [5.74, 6) is 0.0933. The number of anilines is 1. The SMILES string of the molecule is Nc1ccccc1C(=O)Oc1cccc2ccccc12. The number of nitrogens with two attached hydrogens (primary N) is 1. The predicted octanol–water partition coefficient (Wildman–Crippen LogP) is 3.64. The molecule has 3 aromatic rings. The Kier molecular flexibility index (Phi) is 3.09. The van der Waals surface area contributed by atoms with Crippen LogP contribution in [0.15, 0.2) is 66.7 Å². The van der Waals surface area contributed by atoms with Crippen LogP contribution >= 0.6 is 0 Å². The Morgan fingerprint density at radius 3 is 2.40 bits per heavy atom. The van der Waals surface area contributed by atoms with E-state index >= 15 is 0 Å². The van der Waals surface area contributed by atoms with Gasteiger partial charge < -0.3 is 10.5 Å². The van der Waals surface area contributed by atoms with Gasteiger partial charge >= 0.3 is 5.97 Å². The Bertz CT molecular complexity index is 775. The topological polar surface area (TPSA) is 52.3 Å². The lowest BCUT2D eigenvalue weighted by atomic mass is 10.1. The van der Waals surface area contributed by atoms with Crippen LogP contribution < -0.4 is 10.5 Å². The molecule has 0 aliphatic heterocycles. The van der Waals surface area contributed by atoms with Crippen LogP contribution in [0.2, 0.25) is 0 Å². The highest BCUT2D eigenvalue weighted by atomic mass is 16.5. The van der Waals surface area contributed by atoms with E-state index in [0.29, 0.717) is 17.0 Å². The first-order chi connectivity index (χ1) is 9.75. The lowest BCUT2D eigenvalue weighted by Gasteiger charge is -2.08. The van der Waals surface area contributed by atoms with E-state index in [0.717, 1.165) is 10.8 Å². The first-order valence-corrected chi connectivity index (χ1v) is 6.30. The zero-order valence-corrected chi connectivity index (χ0v) is 10.7. The first-order valence-electron chi connectivity index (χ1n) is 6.30. The fourth-order valence-corrected chi connectivity index (χ4v) is 2.12. The van der Waals surface area contributed by atoms with E-state index in [1.165, 1.54) is 0 Å². The Hall–Kier alpha value is -2.81. The number of rotatable bonds is 2. The second kappa shape index (κ2) is 5.05. The Labute approximate surface area is 116 Å². The van der Waals surface area contributed by atoms with Crippen molar-refractivity contribution >= 4 is 22.4 Å². The third-order valence-corrected chi connectivity index (χ3v) is 3.13. The average Bonchev–Trinajstić information content (AvgIpc) is 2.48. The van der Waals surface area contributed by atoms with Gasteiger partial charge in [0.2, 0.25) is 0 Å². The molecule has 0 spiro atoms. The van der Waals surface area contributed by atoms with Crippen molar-refractivity contribution < 1.29 is 9.53 Å². The molecule has 20 heavy (non-hydrogen) atoms. The molecule has 3 aromatic carbocycles. The van der Waals surface area contributed by atoms with Crippen LogP contribution in [0.1, 0.15) is 10.4 Å². The summed E-state index contributed by atoms with van der Waals surface area (Å²) in [5.41, 5.74) is 6.58. The maximum atomic E-state index is 12.2. The minimum absolute atomic E-state index is 0.375. The van der Waals surface area contributed by atoms with Gasteiger partial charge in [0, 0.05) is 11.1 Å². The zero-order valence-electron chi connectivity index (χ0n) is 10.7. The Morgan fingerprint density at radius 1 is 0.850 bits per heavy atom. The maximum absolute atomic E-state index is 12.2. The highest BCUT2D eigenvalue weighted by Gasteiger charge is 2.12. The van der Waals surface area contributed by atoms with Gasteiger partial charge in [-0.05, 0) is 23.6 Å². The number of para-hydroxylation sites is 1. The molecule has 0 aromatic heterocycles. The van der Waals surface area contributed by atoms with Gasteiger partial charge in [0.05, 0.1) is 5.56 Å². The van der Waals surface area contributed by atoms with Crippen LogP contribution in [0.25, 0.3) is 10.8 Å². The van der Waals surface area contributed by atoms with Crippen molar-refractivity contribution in [2.75, 3.05) is 5.73 Å². The van der Waals surface area contributed by atoms with E-state index in [1.807, 2.05) is 36.4 Å². The summed E-state index contributed by atoms with van der Waals surface area (Å²) in [6.07, 6.45) is 0. The van der Waals surface area contributed by atoms with Crippen molar-refractivity contribution in [2.24, 2.45) is 0 Å². The number of carbonyl (C=O) groups excluding carboxylic acids is 1. The molecular weight excluding hydrogens is 250 g/mol. The van der Waals surface area contributed by atoms with E-state index in [1.54, 1.807) is 30.3 Å². The van der Waals surface area contributed by atoms with Crippen molar-refractivity contribution in [1.29, 1.82) is 0 Å². The van der Waals surface area contributed by atoms with Crippen molar-refractivity contribution in [3.63, 3.8) is 0 Å². The molecule has 3 heteroatoms. The number of fused-ring (bicyclic) bond motifs is 1. The van der Waals surface area contributed by atoms with Crippen LogP contribution in [-0.2, 0) is 0 Å². The summed E-state index contributed by atoms with van der Waals surface area (Å²) >= 11 is 0. The van der Waals surface area contributed by atoms with Gasteiger partial charge in [-0.15, -0.1) is 0 Å². The average molecular weight is 263 g/mol. The first kappa shape index (κ1) is 12.2. The third kappa shape index (κ3) is 2.21. The summed E-state index contributed by atoms with van der Waals surface area (Å²) in [6.45, 7) is 0. The summed E-state index contributed by atoms with van der Waals surface area (Å²) in [6, 6.07) is 20.3. The molecule has 0 aliphatic rings. The van der Waals surface area contributed by atoms with Gasteiger partial charge in [-0.2, -0.15) is 0 Å². The lowest BCUT2D eigenvalue weighted by molar-refractivity contribution is 0.0738. The second-order valence-electron chi connectivity index (χ2n) is 4.45. The standard InChI is InChI=1S/C17H13NO2/c18-15-10-4-3-9-14(15)17(19)20-16-11-5-7-12-6-1-2-8-13(12)16/h1-11H,18H2. The smallest absolute Gasteiger partial charge is 0.345 e. The van der Waals surface area contributed by atoms with E-state index in [2.05, 4.69) is 0 Å². The molecule has 0 bridgehead atoms. The lowest BCUT2D eigenvalue weighted by Crippen LogP contribution is -2.11. The van der Waals surface area contributed by atoms with Gasteiger partial charge in [-0.1, -0.05) is 48.5 Å². The molecule has 0 saturated heterocycles. The van der Waals surface area contributed by atoms with Crippen molar-refractivity contribution in [1.82, 2.24) is 0 Å². The van der Waals surface area contributed by atoms with Gasteiger partial charge in [-0.25, -0.2) is 4.79 Å². The van der Waals surface area contributed by atoms with E-state index in [4.69, 9.17) is 10.5 Å². The highest BCUT2D eigenvalue weighted by Crippen LogP contribution is 2.26. The summed E-state index contributed by atoms with van der Waals surface area (Å²) in [4.78, 5) is 12.2. The number of benzene rings is 3. The van der Waals surface area contributed by atoms with E-state index in [9.17, 15) is 4.79 Å². The molecule has 3 rings (SSSR count). The van der Waals surface area contributed by atoms with Crippen molar-refractivity contribution in [3.8, 4) is 5.75 Å². The van der Waals surface area contributed by atoms with Crippen LogP contribution in [-0.4, -0.2) is 5.97 Å². The number of nitrogen functional groups attached to an aromatic ring is 1. The summed E-state index contributed by atoms with van der Waals surface area (Å²) in [5, 5.41) is 1.93. The van der Waals surface area contributed by atoms with Crippen LogP contribution in [0, 0.1) is 0 Å². The molecule has 98 valence electrons. The molecule has 0 aliphatic carbocycles. The van der Waals surface area contributed by atoms with Gasteiger partial charge in [0.25, 0.3) is 0 Å². The predicted molar refractivity (Wildman–Crippen MR) is 79.8 cm³/mol. The van der Waals surface area contributed by atoms with Crippen molar-refractivity contribution in [2.45, 2.75) is 0 Å². The minimum atomic E-state index is -0.445. The molecule has 0 radical (unpaired) electrons. The number of hydrogen-bond donors (Lipinski definition) is 1. The zero-order chi connectivity index (χ0) is 13.9. The molecule has 3 nitrogen and oxygen atoms in total. The van der Waals surface area contributed by atoms with Gasteiger partial charge in [0.15, 0.2) is 0 Å². The fourth-order valence-electron chi connectivity index (χ4n) is 2.12. The highest BCUT2D eigenvalue weighted by molar-refractivity contribution is 5.98. The molecular formula is C17H13NO2. The van der Waals surface area contributed by atoms with Crippen LogP contribution in [0.3, 0.4) is 0 Å². The molecule has 0 atom stereocenters. The number of carbonyl (C=O) groups is 1. The molecule has 2 N–H and O–H groups in total. The summed E-state index contributed by atoms with van der Waals surface area (Å²) in [7, 11) is 0. The number of ether oxygens (including phenoxy) is 1. The van der Waals surface area contributed by atoms with Crippen LogP contribution in [0.4, 0.5) is 5.69 Å². The second-order valence-corrected chi connectivity index (χ2v) is 4.45.